The molecule has 0 radical (unpaired) electrons. The van der Waals surface area contributed by atoms with Crippen LogP contribution in [0.15, 0.2) is 22.8 Å². The average Bonchev–Trinajstić information content (AvgIpc) is 2.86. The summed E-state index contributed by atoms with van der Waals surface area (Å²) in [6, 6.07) is 3.99. The first-order valence-electron chi connectivity index (χ1n) is 7.14. The highest BCUT2D eigenvalue weighted by Gasteiger charge is 2.25. The van der Waals surface area contributed by atoms with E-state index in [1.165, 1.54) is 11.3 Å². The van der Waals surface area contributed by atoms with Crippen molar-refractivity contribution >= 4 is 39.0 Å². The summed E-state index contributed by atoms with van der Waals surface area (Å²) in [6.45, 7) is 6.87. The number of amides is 1. The molecule has 0 aliphatic carbocycles. The summed E-state index contributed by atoms with van der Waals surface area (Å²) in [6.07, 6.45) is 1.80. The number of anilines is 1. The SMILES string of the molecule is Cc1nc(C)c(C(=O)N2CCN(c3ccc(Br)cn3)CC2)s1. The molecule has 3 heterocycles. The van der Waals surface area contributed by atoms with Gasteiger partial charge in [0.05, 0.1) is 10.7 Å². The Kier molecular flexibility index (Phi) is 4.44. The second-order valence-corrected chi connectivity index (χ2v) is 7.38. The molecule has 0 bridgehead atoms. The van der Waals surface area contributed by atoms with Gasteiger partial charge < -0.3 is 9.80 Å². The zero-order valence-electron chi connectivity index (χ0n) is 12.5. The van der Waals surface area contributed by atoms with Gasteiger partial charge in [-0.05, 0) is 41.9 Å². The number of thiazole rings is 1. The van der Waals surface area contributed by atoms with Crippen LogP contribution in [-0.2, 0) is 0 Å². The Hall–Kier alpha value is -1.47. The summed E-state index contributed by atoms with van der Waals surface area (Å²) >= 11 is 4.88. The van der Waals surface area contributed by atoms with Crippen LogP contribution < -0.4 is 4.90 Å². The lowest BCUT2D eigenvalue weighted by Crippen LogP contribution is -2.49. The molecule has 0 unspecified atom stereocenters. The van der Waals surface area contributed by atoms with Crippen molar-refractivity contribution in [1.82, 2.24) is 14.9 Å². The van der Waals surface area contributed by atoms with Gasteiger partial charge in [0.25, 0.3) is 5.91 Å². The summed E-state index contributed by atoms with van der Waals surface area (Å²) < 4.78 is 0.973. The smallest absolute Gasteiger partial charge is 0.265 e. The minimum absolute atomic E-state index is 0.103. The molecule has 1 amide bonds. The Morgan fingerprint density at radius 3 is 2.50 bits per heavy atom. The van der Waals surface area contributed by atoms with Crippen LogP contribution in [0.4, 0.5) is 5.82 Å². The minimum Gasteiger partial charge on any atom is -0.353 e. The summed E-state index contributed by atoms with van der Waals surface area (Å²) in [4.78, 5) is 26.2. The van der Waals surface area contributed by atoms with Gasteiger partial charge in [0.2, 0.25) is 0 Å². The number of carbonyl (C=O) groups is 1. The van der Waals surface area contributed by atoms with Crippen molar-refractivity contribution in [1.29, 1.82) is 0 Å². The van der Waals surface area contributed by atoms with Crippen LogP contribution in [0.3, 0.4) is 0 Å². The van der Waals surface area contributed by atoms with Gasteiger partial charge in [-0.25, -0.2) is 9.97 Å². The van der Waals surface area contributed by atoms with E-state index in [1.807, 2.05) is 30.9 Å². The quantitative estimate of drug-likeness (QED) is 0.803. The van der Waals surface area contributed by atoms with Crippen LogP contribution in [0, 0.1) is 13.8 Å². The minimum atomic E-state index is 0.103. The first kappa shape index (κ1) is 15.4. The number of hydrogen-bond donors (Lipinski definition) is 0. The maximum Gasteiger partial charge on any atom is 0.265 e. The van der Waals surface area contributed by atoms with Crippen molar-refractivity contribution in [3.63, 3.8) is 0 Å². The molecule has 22 heavy (non-hydrogen) atoms. The van der Waals surface area contributed by atoms with Crippen LogP contribution in [-0.4, -0.2) is 47.0 Å². The van der Waals surface area contributed by atoms with Gasteiger partial charge in [-0.2, -0.15) is 0 Å². The third-order valence-electron chi connectivity index (χ3n) is 3.70. The van der Waals surface area contributed by atoms with E-state index < -0.39 is 0 Å². The summed E-state index contributed by atoms with van der Waals surface area (Å²) in [5.74, 6) is 1.06. The average molecular weight is 381 g/mol. The lowest BCUT2D eigenvalue weighted by atomic mass is 10.2. The number of pyridine rings is 1. The monoisotopic (exact) mass is 380 g/mol. The van der Waals surface area contributed by atoms with Crippen molar-refractivity contribution in [2.75, 3.05) is 31.1 Å². The molecule has 1 saturated heterocycles. The van der Waals surface area contributed by atoms with Gasteiger partial charge in [0, 0.05) is 36.8 Å². The number of piperazine rings is 1. The Morgan fingerprint density at radius 1 is 1.23 bits per heavy atom. The van der Waals surface area contributed by atoms with Crippen molar-refractivity contribution < 1.29 is 4.79 Å². The topological polar surface area (TPSA) is 49.3 Å². The Balaban J connectivity index is 1.65. The number of halogens is 1. The fraction of sp³-hybridized carbons (Fsp3) is 0.400. The molecule has 2 aromatic heterocycles. The molecule has 1 aliphatic rings. The van der Waals surface area contributed by atoms with Gasteiger partial charge >= 0.3 is 0 Å². The van der Waals surface area contributed by atoms with Gasteiger partial charge in [-0.3, -0.25) is 4.79 Å². The largest absolute Gasteiger partial charge is 0.353 e. The third-order valence-corrected chi connectivity index (χ3v) is 5.23. The molecule has 0 spiro atoms. The number of carbonyl (C=O) groups excluding carboxylic acids is 1. The van der Waals surface area contributed by atoms with Crippen LogP contribution in [0.2, 0.25) is 0 Å². The number of hydrogen-bond acceptors (Lipinski definition) is 5. The van der Waals surface area contributed by atoms with Crippen molar-refractivity contribution in [3.8, 4) is 0 Å². The van der Waals surface area contributed by atoms with E-state index in [2.05, 4.69) is 30.8 Å². The van der Waals surface area contributed by atoms with Gasteiger partial charge in [0.1, 0.15) is 10.7 Å². The molecule has 116 valence electrons. The van der Waals surface area contributed by atoms with E-state index in [-0.39, 0.29) is 5.91 Å². The van der Waals surface area contributed by atoms with Gasteiger partial charge in [-0.1, -0.05) is 0 Å². The molecular weight excluding hydrogens is 364 g/mol. The summed E-state index contributed by atoms with van der Waals surface area (Å²) in [5.41, 5.74) is 0.838. The van der Waals surface area contributed by atoms with Crippen molar-refractivity contribution in [2.24, 2.45) is 0 Å². The standard InChI is InChI=1S/C15H17BrN4OS/c1-10-14(22-11(2)18-10)15(21)20-7-5-19(6-8-20)13-4-3-12(16)9-17-13/h3-4,9H,5-8H2,1-2H3. The van der Waals surface area contributed by atoms with Gasteiger partial charge in [0.15, 0.2) is 0 Å². The second kappa shape index (κ2) is 6.34. The third kappa shape index (κ3) is 3.15. The van der Waals surface area contributed by atoms with E-state index >= 15 is 0 Å². The molecule has 1 aliphatic heterocycles. The highest BCUT2D eigenvalue weighted by molar-refractivity contribution is 9.10. The molecule has 7 heteroatoms. The first-order valence-corrected chi connectivity index (χ1v) is 8.75. The van der Waals surface area contributed by atoms with Gasteiger partial charge in [-0.15, -0.1) is 11.3 Å². The Labute approximate surface area is 142 Å². The number of aromatic nitrogens is 2. The van der Waals surface area contributed by atoms with E-state index in [1.54, 1.807) is 6.20 Å². The maximum atomic E-state index is 12.6. The fourth-order valence-electron chi connectivity index (χ4n) is 2.57. The molecule has 0 N–H and O–H groups in total. The van der Waals surface area contributed by atoms with E-state index in [0.717, 1.165) is 39.0 Å². The van der Waals surface area contributed by atoms with Crippen molar-refractivity contribution in [2.45, 2.75) is 13.8 Å². The number of nitrogens with zero attached hydrogens (tertiary/aromatic N) is 4. The van der Waals surface area contributed by atoms with Crippen LogP contribution in [0.5, 0.6) is 0 Å². The lowest BCUT2D eigenvalue weighted by molar-refractivity contribution is 0.0750. The molecule has 1 fully saturated rings. The van der Waals surface area contributed by atoms with Crippen LogP contribution in [0.1, 0.15) is 20.4 Å². The first-order chi connectivity index (χ1) is 10.5. The van der Waals surface area contributed by atoms with E-state index in [4.69, 9.17) is 0 Å². The normalized spacial score (nSPS) is 15.2. The predicted octanol–water partition coefficient (Wildman–Crippen LogP) is 2.88. The number of rotatable bonds is 2. The predicted molar refractivity (Wildman–Crippen MR) is 91.6 cm³/mol. The van der Waals surface area contributed by atoms with Crippen LogP contribution >= 0.6 is 27.3 Å². The number of aryl methyl sites for hydroxylation is 2. The van der Waals surface area contributed by atoms with E-state index in [9.17, 15) is 4.79 Å². The van der Waals surface area contributed by atoms with E-state index in [0.29, 0.717) is 13.1 Å². The zero-order chi connectivity index (χ0) is 15.7. The highest BCUT2D eigenvalue weighted by atomic mass is 79.9. The van der Waals surface area contributed by atoms with Crippen molar-refractivity contribution in [3.05, 3.63) is 38.4 Å². The Bertz CT molecular complexity index is 677. The lowest BCUT2D eigenvalue weighted by Gasteiger charge is -2.35. The fourth-order valence-corrected chi connectivity index (χ4v) is 3.69. The summed E-state index contributed by atoms with van der Waals surface area (Å²) in [5, 5.41) is 0.943. The molecular formula is C15H17BrN4OS. The molecule has 0 atom stereocenters. The van der Waals surface area contributed by atoms with Crippen LogP contribution in [0.25, 0.3) is 0 Å². The molecule has 3 rings (SSSR count). The Morgan fingerprint density at radius 2 is 1.95 bits per heavy atom. The zero-order valence-corrected chi connectivity index (χ0v) is 14.9. The molecule has 2 aromatic rings. The molecule has 5 nitrogen and oxygen atoms in total. The molecule has 0 saturated carbocycles. The molecule has 0 aromatic carbocycles. The summed E-state index contributed by atoms with van der Waals surface area (Å²) in [7, 11) is 0. The maximum absolute atomic E-state index is 12.6. The highest BCUT2D eigenvalue weighted by Crippen LogP contribution is 2.21. The second-order valence-electron chi connectivity index (χ2n) is 5.26.